The van der Waals surface area contributed by atoms with E-state index in [1.54, 1.807) is 6.07 Å². The summed E-state index contributed by atoms with van der Waals surface area (Å²) in [7, 11) is 0. The van der Waals surface area contributed by atoms with Gasteiger partial charge in [-0.15, -0.1) is 0 Å². The van der Waals surface area contributed by atoms with Crippen LogP contribution in [0.15, 0.2) is 35.1 Å². The van der Waals surface area contributed by atoms with Crippen LogP contribution < -0.4 is 11.3 Å². The van der Waals surface area contributed by atoms with E-state index in [2.05, 4.69) is 18.0 Å². The molecule has 0 amide bonds. The van der Waals surface area contributed by atoms with Crippen molar-refractivity contribution >= 4 is 0 Å². The van der Waals surface area contributed by atoms with Crippen molar-refractivity contribution in [1.29, 1.82) is 0 Å². The van der Waals surface area contributed by atoms with Crippen LogP contribution in [-0.4, -0.2) is 4.98 Å². The monoisotopic (exact) mass is 228 g/mol. The van der Waals surface area contributed by atoms with Crippen molar-refractivity contribution in [3.63, 3.8) is 0 Å². The first-order chi connectivity index (χ1) is 8.11. The van der Waals surface area contributed by atoms with Crippen LogP contribution in [0.2, 0.25) is 0 Å². The van der Waals surface area contributed by atoms with Gasteiger partial charge in [-0.3, -0.25) is 4.79 Å². The lowest BCUT2D eigenvalue weighted by Gasteiger charge is -2.07. The normalized spacial score (nSPS) is 10.5. The molecule has 3 nitrogen and oxygen atoms in total. The van der Waals surface area contributed by atoms with E-state index in [1.165, 1.54) is 5.56 Å². The summed E-state index contributed by atoms with van der Waals surface area (Å²) in [5, 5.41) is 0. The largest absolute Gasteiger partial charge is 0.326 e. The molecule has 0 saturated carbocycles. The number of rotatable bonds is 2. The molecule has 88 valence electrons. The van der Waals surface area contributed by atoms with Crippen LogP contribution in [-0.2, 0) is 6.54 Å². The number of benzene rings is 1. The Morgan fingerprint density at radius 2 is 1.94 bits per heavy atom. The number of aromatic amines is 1. The second-order valence-corrected chi connectivity index (χ2v) is 4.25. The lowest BCUT2D eigenvalue weighted by atomic mass is 10.0. The summed E-state index contributed by atoms with van der Waals surface area (Å²) in [5.74, 6) is 0. The van der Waals surface area contributed by atoms with Gasteiger partial charge in [-0.1, -0.05) is 29.8 Å². The molecule has 1 aromatic heterocycles. The first-order valence-electron chi connectivity index (χ1n) is 5.61. The Balaban J connectivity index is 2.54. The molecule has 3 N–H and O–H groups in total. The van der Waals surface area contributed by atoms with Gasteiger partial charge in [0.15, 0.2) is 0 Å². The molecule has 0 radical (unpaired) electrons. The van der Waals surface area contributed by atoms with E-state index in [0.29, 0.717) is 5.56 Å². The predicted molar refractivity (Wildman–Crippen MR) is 69.9 cm³/mol. The molecule has 1 aromatic carbocycles. The number of nitrogens with two attached hydrogens (primary N) is 1. The SMILES string of the molecule is Cc1ccc(-c2ccc(CN)c(=O)[nH]2)c(C)c1. The Hall–Kier alpha value is -1.87. The summed E-state index contributed by atoms with van der Waals surface area (Å²) >= 11 is 0. The molecular formula is C14H16N2O. The molecule has 0 atom stereocenters. The van der Waals surface area contributed by atoms with E-state index in [-0.39, 0.29) is 12.1 Å². The van der Waals surface area contributed by atoms with Gasteiger partial charge in [-0.25, -0.2) is 0 Å². The summed E-state index contributed by atoms with van der Waals surface area (Å²) in [4.78, 5) is 14.6. The van der Waals surface area contributed by atoms with Crippen molar-refractivity contribution in [2.45, 2.75) is 20.4 Å². The van der Waals surface area contributed by atoms with Crippen molar-refractivity contribution in [1.82, 2.24) is 4.98 Å². The zero-order chi connectivity index (χ0) is 12.4. The molecule has 17 heavy (non-hydrogen) atoms. The summed E-state index contributed by atoms with van der Waals surface area (Å²) in [6.45, 7) is 4.36. The van der Waals surface area contributed by atoms with Crippen LogP contribution in [0, 0.1) is 13.8 Å². The van der Waals surface area contributed by atoms with E-state index in [9.17, 15) is 4.79 Å². The second kappa shape index (κ2) is 4.55. The van der Waals surface area contributed by atoms with E-state index >= 15 is 0 Å². The molecule has 0 fully saturated rings. The topological polar surface area (TPSA) is 58.9 Å². The standard InChI is InChI=1S/C14H16N2O/c1-9-3-5-12(10(2)7-9)13-6-4-11(8-15)14(17)16-13/h3-7H,8,15H2,1-2H3,(H,16,17). The molecule has 0 aliphatic rings. The summed E-state index contributed by atoms with van der Waals surface area (Å²) < 4.78 is 0. The van der Waals surface area contributed by atoms with Gasteiger partial charge >= 0.3 is 0 Å². The third-order valence-corrected chi connectivity index (χ3v) is 2.88. The maximum atomic E-state index is 11.7. The Kier molecular flexibility index (Phi) is 3.11. The Morgan fingerprint density at radius 3 is 2.53 bits per heavy atom. The number of hydrogen-bond donors (Lipinski definition) is 2. The molecule has 2 aromatic rings. The maximum Gasteiger partial charge on any atom is 0.252 e. The van der Waals surface area contributed by atoms with Crippen molar-refractivity contribution in [3.8, 4) is 11.3 Å². The van der Waals surface area contributed by atoms with Crippen molar-refractivity contribution < 1.29 is 0 Å². The van der Waals surface area contributed by atoms with E-state index in [4.69, 9.17) is 5.73 Å². The van der Waals surface area contributed by atoms with Crippen LogP contribution in [0.5, 0.6) is 0 Å². The van der Waals surface area contributed by atoms with Gasteiger partial charge in [0.1, 0.15) is 0 Å². The van der Waals surface area contributed by atoms with E-state index in [1.807, 2.05) is 25.1 Å². The Labute approximate surface area is 100 Å². The summed E-state index contributed by atoms with van der Waals surface area (Å²) in [6.07, 6.45) is 0. The minimum atomic E-state index is -0.107. The molecule has 3 heteroatoms. The van der Waals surface area contributed by atoms with Gasteiger partial charge in [0, 0.05) is 23.4 Å². The highest BCUT2D eigenvalue weighted by Gasteiger charge is 2.04. The molecule has 0 aliphatic carbocycles. The lowest BCUT2D eigenvalue weighted by molar-refractivity contribution is 1.02. The zero-order valence-corrected chi connectivity index (χ0v) is 10.1. The highest BCUT2D eigenvalue weighted by Crippen LogP contribution is 2.21. The highest BCUT2D eigenvalue weighted by molar-refractivity contribution is 5.63. The quantitative estimate of drug-likeness (QED) is 0.827. The summed E-state index contributed by atoms with van der Waals surface area (Å²) in [5.41, 5.74) is 10.2. The van der Waals surface area contributed by atoms with Crippen molar-refractivity contribution in [2.24, 2.45) is 5.73 Å². The number of H-pyrrole nitrogens is 1. The minimum absolute atomic E-state index is 0.107. The molecule has 0 aliphatic heterocycles. The first kappa shape index (κ1) is 11.6. The molecule has 0 spiro atoms. The molecule has 1 heterocycles. The minimum Gasteiger partial charge on any atom is -0.326 e. The lowest BCUT2D eigenvalue weighted by Crippen LogP contribution is -2.16. The third kappa shape index (κ3) is 2.29. The fourth-order valence-corrected chi connectivity index (χ4v) is 1.94. The van der Waals surface area contributed by atoms with Crippen molar-refractivity contribution in [2.75, 3.05) is 0 Å². The van der Waals surface area contributed by atoms with E-state index in [0.717, 1.165) is 16.8 Å². The van der Waals surface area contributed by atoms with E-state index < -0.39 is 0 Å². The number of aromatic nitrogens is 1. The maximum absolute atomic E-state index is 11.7. The average Bonchev–Trinajstić information content (AvgIpc) is 2.29. The zero-order valence-electron chi connectivity index (χ0n) is 10.1. The predicted octanol–water partition coefficient (Wildman–Crippen LogP) is 2.12. The third-order valence-electron chi connectivity index (χ3n) is 2.88. The smallest absolute Gasteiger partial charge is 0.252 e. The fourth-order valence-electron chi connectivity index (χ4n) is 1.94. The molecule has 0 saturated heterocycles. The summed E-state index contributed by atoms with van der Waals surface area (Å²) in [6, 6.07) is 9.86. The van der Waals surface area contributed by atoms with Crippen LogP contribution in [0.25, 0.3) is 11.3 Å². The number of hydrogen-bond acceptors (Lipinski definition) is 2. The van der Waals surface area contributed by atoms with Crippen LogP contribution in [0.4, 0.5) is 0 Å². The average molecular weight is 228 g/mol. The fraction of sp³-hybridized carbons (Fsp3) is 0.214. The van der Waals surface area contributed by atoms with Gasteiger partial charge in [0.05, 0.1) is 0 Å². The van der Waals surface area contributed by atoms with Crippen LogP contribution in [0.1, 0.15) is 16.7 Å². The Morgan fingerprint density at radius 1 is 1.18 bits per heavy atom. The molecule has 0 unspecified atom stereocenters. The van der Waals surface area contributed by atoms with Gasteiger partial charge in [0.2, 0.25) is 0 Å². The number of aryl methyl sites for hydroxylation is 2. The second-order valence-electron chi connectivity index (χ2n) is 4.25. The Bertz CT molecular complexity index is 599. The van der Waals surface area contributed by atoms with Crippen LogP contribution >= 0.6 is 0 Å². The molecule has 0 bridgehead atoms. The molecular weight excluding hydrogens is 212 g/mol. The number of pyridine rings is 1. The number of nitrogens with one attached hydrogen (secondary N) is 1. The van der Waals surface area contributed by atoms with Gasteiger partial charge < -0.3 is 10.7 Å². The first-order valence-corrected chi connectivity index (χ1v) is 5.61. The molecule has 2 rings (SSSR count). The van der Waals surface area contributed by atoms with Gasteiger partial charge in [0.25, 0.3) is 5.56 Å². The van der Waals surface area contributed by atoms with Gasteiger partial charge in [-0.2, -0.15) is 0 Å². The van der Waals surface area contributed by atoms with Gasteiger partial charge in [-0.05, 0) is 25.5 Å². The van der Waals surface area contributed by atoms with Crippen molar-refractivity contribution in [3.05, 3.63) is 57.4 Å². The highest BCUT2D eigenvalue weighted by atomic mass is 16.1. The van der Waals surface area contributed by atoms with Crippen LogP contribution in [0.3, 0.4) is 0 Å².